The van der Waals surface area contributed by atoms with Crippen LogP contribution >= 0.6 is 0 Å². The molecule has 1 fully saturated rings. The number of rotatable bonds is 7. The van der Waals surface area contributed by atoms with E-state index >= 15 is 0 Å². The van der Waals surface area contributed by atoms with Crippen molar-refractivity contribution in [1.82, 2.24) is 4.90 Å². The van der Waals surface area contributed by atoms with Crippen molar-refractivity contribution >= 4 is 23.4 Å². The smallest absolute Gasteiger partial charge is 0.257 e. The minimum Gasteiger partial charge on any atom is -0.497 e. The summed E-state index contributed by atoms with van der Waals surface area (Å²) in [7, 11) is 1.56. The van der Waals surface area contributed by atoms with Crippen LogP contribution in [0.1, 0.15) is 54.4 Å². The third-order valence-electron chi connectivity index (χ3n) is 6.45. The SMILES string of the molecule is COc1ccc(N2C(=O)CC(N(CCC3=CCCCC3)C(=O)c3ccc(C)cc3)C2=O)cc1. The number of nitrogens with zero attached hydrogens (tertiary/aromatic N) is 2. The Hall–Kier alpha value is -3.41. The first-order valence-corrected chi connectivity index (χ1v) is 11.5. The molecule has 1 heterocycles. The molecule has 33 heavy (non-hydrogen) atoms. The minimum atomic E-state index is -0.808. The van der Waals surface area contributed by atoms with E-state index in [-0.39, 0.29) is 24.1 Å². The number of methoxy groups -OCH3 is 1. The summed E-state index contributed by atoms with van der Waals surface area (Å²) < 4.78 is 5.18. The van der Waals surface area contributed by atoms with E-state index in [4.69, 9.17) is 4.74 Å². The van der Waals surface area contributed by atoms with Crippen LogP contribution in [0, 0.1) is 6.92 Å². The molecule has 3 amide bonds. The molecule has 0 radical (unpaired) electrons. The zero-order chi connectivity index (χ0) is 23.4. The molecule has 172 valence electrons. The molecule has 1 atom stereocenters. The van der Waals surface area contributed by atoms with Crippen molar-refractivity contribution in [1.29, 1.82) is 0 Å². The Morgan fingerprint density at radius 1 is 1.06 bits per heavy atom. The molecule has 1 aliphatic carbocycles. The molecule has 2 aromatic rings. The van der Waals surface area contributed by atoms with Crippen LogP contribution in [0.25, 0.3) is 0 Å². The molecule has 2 aromatic carbocycles. The number of benzene rings is 2. The maximum absolute atomic E-state index is 13.5. The van der Waals surface area contributed by atoms with Crippen LogP contribution < -0.4 is 9.64 Å². The second-order valence-electron chi connectivity index (χ2n) is 8.71. The molecule has 0 N–H and O–H groups in total. The summed E-state index contributed by atoms with van der Waals surface area (Å²) in [4.78, 5) is 42.6. The number of anilines is 1. The lowest BCUT2D eigenvalue weighted by atomic mass is 9.96. The highest BCUT2D eigenvalue weighted by Gasteiger charge is 2.44. The van der Waals surface area contributed by atoms with Crippen LogP contribution in [-0.4, -0.2) is 42.3 Å². The Morgan fingerprint density at radius 2 is 1.79 bits per heavy atom. The van der Waals surface area contributed by atoms with Gasteiger partial charge in [0.25, 0.3) is 11.8 Å². The van der Waals surface area contributed by atoms with Gasteiger partial charge in [-0.1, -0.05) is 29.3 Å². The molecule has 4 rings (SSSR count). The Bertz CT molecular complexity index is 1060. The molecule has 6 nitrogen and oxygen atoms in total. The third kappa shape index (κ3) is 5.00. The van der Waals surface area contributed by atoms with E-state index in [1.54, 1.807) is 48.4 Å². The number of ether oxygens (including phenoxy) is 1. The van der Waals surface area contributed by atoms with E-state index in [2.05, 4.69) is 6.08 Å². The van der Waals surface area contributed by atoms with Crippen LogP contribution in [0.2, 0.25) is 0 Å². The average molecular weight is 447 g/mol. The van der Waals surface area contributed by atoms with Crippen LogP contribution in [0.3, 0.4) is 0 Å². The van der Waals surface area contributed by atoms with Gasteiger partial charge in [-0.3, -0.25) is 14.4 Å². The van der Waals surface area contributed by atoms with E-state index in [1.165, 1.54) is 16.9 Å². The van der Waals surface area contributed by atoms with Crippen LogP contribution in [-0.2, 0) is 9.59 Å². The molecular formula is C27H30N2O4. The highest BCUT2D eigenvalue weighted by atomic mass is 16.5. The largest absolute Gasteiger partial charge is 0.497 e. The number of imide groups is 1. The summed E-state index contributed by atoms with van der Waals surface area (Å²) in [5.41, 5.74) is 3.40. The van der Waals surface area contributed by atoms with Gasteiger partial charge in [-0.05, 0) is 75.4 Å². The zero-order valence-corrected chi connectivity index (χ0v) is 19.3. The summed E-state index contributed by atoms with van der Waals surface area (Å²) in [6.45, 7) is 2.38. The predicted octanol–water partition coefficient (Wildman–Crippen LogP) is 4.67. The highest BCUT2D eigenvalue weighted by Crippen LogP contribution is 2.29. The quantitative estimate of drug-likeness (QED) is 0.458. The van der Waals surface area contributed by atoms with Gasteiger partial charge in [0.05, 0.1) is 19.2 Å². The van der Waals surface area contributed by atoms with E-state index in [1.807, 2.05) is 19.1 Å². The number of carbonyl (C=O) groups is 3. The molecule has 6 heteroatoms. The lowest BCUT2D eigenvalue weighted by Crippen LogP contribution is -2.46. The van der Waals surface area contributed by atoms with Crippen molar-refractivity contribution in [3.8, 4) is 5.75 Å². The monoisotopic (exact) mass is 446 g/mol. The van der Waals surface area contributed by atoms with Gasteiger partial charge in [0, 0.05) is 12.1 Å². The van der Waals surface area contributed by atoms with Gasteiger partial charge in [0.1, 0.15) is 11.8 Å². The maximum Gasteiger partial charge on any atom is 0.257 e. The van der Waals surface area contributed by atoms with Crippen molar-refractivity contribution in [2.45, 2.75) is 51.5 Å². The molecular weight excluding hydrogens is 416 g/mol. The normalized spacial score (nSPS) is 18.3. The Kier molecular flexibility index (Phi) is 6.92. The van der Waals surface area contributed by atoms with Crippen molar-refractivity contribution in [2.24, 2.45) is 0 Å². The predicted molar refractivity (Wildman–Crippen MR) is 127 cm³/mol. The zero-order valence-electron chi connectivity index (χ0n) is 19.3. The van der Waals surface area contributed by atoms with Crippen molar-refractivity contribution in [3.63, 3.8) is 0 Å². The lowest BCUT2D eigenvalue weighted by molar-refractivity contribution is -0.122. The number of hydrogen-bond donors (Lipinski definition) is 0. The minimum absolute atomic E-state index is 0.0124. The number of aryl methyl sites for hydroxylation is 1. The van der Waals surface area contributed by atoms with E-state index in [0.717, 1.165) is 31.2 Å². The second-order valence-corrected chi connectivity index (χ2v) is 8.71. The topological polar surface area (TPSA) is 66.9 Å². The first kappa shape index (κ1) is 22.8. The summed E-state index contributed by atoms with van der Waals surface area (Å²) in [5, 5.41) is 0. The highest BCUT2D eigenvalue weighted by molar-refractivity contribution is 6.23. The Morgan fingerprint density at radius 3 is 2.42 bits per heavy atom. The molecule has 0 spiro atoms. The molecule has 1 aliphatic heterocycles. The molecule has 0 aromatic heterocycles. The van der Waals surface area contributed by atoms with Gasteiger partial charge >= 0.3 is 0 Å². The summed E-state index contributed by atoms with van der Waals surface area (Å²) >= 11 is 0. The first-order valence-electron chi connectivity index (χ1n) is 11.5. The van der Waals surface area contributed by atoms with E-state index in [9.17, 15) is 14.4 Å². The molecule has 0 bridgehead atoms. The van der Waals surface area contributed by atoms with Crippen molar-refractivity contribution < 1.29 is 19.1 Å². The number of carbonyl (C=O) groups excluding carboxylic acids is 3. The molecule has 2 aliphatic rings. The van der Waals surface area contributed by atoms with Crippen LogP contribution in [0.5, 0.6) is 5.75 Å². The second kappa shape index (κ2) is 10.0. The van der Waals surface area contributed by atoms with E-state index in [0.29, 0.717) is 23.5 Å². The van der Waals surface area contributed by atoms with Crippen LogP contribution in [0.4, 0.5) is 5.69 Å². The first-order chi connectivity index (χ1) is 16.0. The average Bonchev–Trinajstić information content (AvgIpc) is 3.13. The Labute approximate surface area is 194 Å². The standard InChI is InChI=1S/C27H30N2O4/c1-19-8-10-21(11-9-19)26(31)28(17-16-20-6-4-3-5-7-20)24-18-25(30)29(27(24)32)22-12-14-23(33-2)15-13-22/h6,8-15,24H,3-5,7,16-18H2,1-2H3. The van der Waals surface area contributed by atoms with E-state index < -0.39 is 6.04 Å². The molecule has 1 saturated heterocycles. The number of amides is 3. The summed E-state index contributed by atoms with van der Waals surface area (Å²) in [6, 6.07) is 13.4. The van der Waals surface area contributed by atoms with Gasteiger partial charge in [-0.25, -0.2) is 4.90 Å². The molecule has 1 unspecified atom stereocenters. The number of allylic oxidation sites excluding steroid dienone is 1. The maximum atomic E-state index is 13.5. The number of hydrogen-bond acceptors (Lipinski definition) is 4. The van der Waals surface area contributed by atoms with Gasteiger partial charge in [0.2, 0.25) is 5.91 Å². The van der Waals surface area contributed by atoms with Gasteiger partial charge in [-0.2, -0.15) is 0 Å². The van der Waals surface area contributed by atoms with Crippen LogP contribution in [0.15, 0.2) is 60.2 Å². The fourth-order valence-corrected chi connectivity index (χ4v) is 4.52. The summed E-state index contributed by atoms with van der Waals surface area (Å²) in [5.74, 6) is -0.225. The van der Waals surface area contributed by atoms with Gasteiger partial charge in [0.15, 0.2) is 0 Å². The molecule has 0 saturated carbocycles. The fraction of sp³-hybridized carbons (Fsp3) is 0.370. The van der Waals surface area contributed by atoms with Crippen molar-refractivity contribution in [2.75, 3.05) is 18.6 Å². The fourth-order valence-electron chi connectivity index (χ4n) is 4.52. The lowest BCUT2D eigenvalue weighted by Gasteiger charge is -2.28. The van der Waals surface area contributed by atoms with Crippen molar-refractivity contribution in [3.05, 3.63) is 71.3 Å². The van der Waals surface area contributed by atoms with Gasteiger partial charge in [-0.15, -0.1) is 0 Å². The Balaban J connectivity index is 1.60. The third-order valence-corrected chi connectivity index (χ3v) is 6.45. The summed E-state index contributed by atoms with van der Waals surface area (Å²) in [6.07, 6.45) is 7.41. The van der Waals surface area contributed by atoms with Gasteiger partial charge < -0.3 is 9.64 Å².